The maximum atomic E-state index is 13.3. The predicted molar refractivity (Wildman–Crippen MR) is 158 cm³/mol. The third-order valence-electron chi connectivity index (χ3n) is 8.91. The molecule has 3 aliphatic rings. The van der Waals surface area contributed by atoms with Crippen LogP contribution in [0.2, 0.25) is 0 Å². The van der Waals surface area contributed by atoms with Crippen LogP contribution in [0.15, 0.2) is 71.3 Å². The third kappa shape index (κ3) is 6.67. The Hall–Kier alpha value is -3.36. The number of nitrogens with one attached hydrogen (secondary N) is 1. The summed E-state index contributed by atoms with van der Waals surface area (Å²) in [6.45, 7) is 10.2. The maximum absolute atomic E-state index is 13.3. The number of hydrogen-bond donors (Lipinski definition) is 1. The second-order valence-corrected chi connectivity index (χ2v) is 11.5. The fraction of sp³-hybridized carbons (Fsp3) is 0.500. The van der Waals surface area contributed by atoms with Crippen molar-refractivity contribution < 1.29 is 9.32 Å². The largest absolute Gasteiger partial charge is 0.369 e. The van der Waals surface area contributed by atoms with Crippen molar-refractivity contribution in [3.05, 3.63) is 78.2 Å². The van der Waals surface area contributed by atoms with Crippen LogP contribution in [0, 0.1) is 11.8 Å². The Bertz CT molecular complexity index is 1200. The smallest absolute Gasteiger partial charge is 0.222 e. The van der Waals surface area contributed by atoms with Gasteiger partial charge < -0.3 is 24.5 Å². The molecule has 212 valence electrons. The minimum absolute atomic E-state index is 0.306. The summed E-state index contributed by atoms with van der Waals surface area (Å²) in [4.78, 5) is 22.6. The molecule has 40 heavy (non-hydrogen) atoms. The van der Waals surface area contributed by atoms with Gasteiger partial charge >= 0.3 is 0 Å². The number of nitrogens with zero attached hydrogens (tertiary/aromatic N) is 5. The number of carbonyl (C=O) groups excluding carboxylic acids is 1. The van der Waals surface area contributed by atoms with Crippen molar-refractivity contribution in [1.82, 2.24) is 20.3 Å². The zero-order chi connectivity index (χ0) is 27.1. The zero-order valence-corrected chi connectivity index (χ0v) is 23.5. The lowest BCUT2D eigenvalue weighted by Crippen LogP contribution is -2.50. The van der Waals surface area contributed by atoms with Gasteiger partial charge in [-0.3, -0.25) is 9.69 Å². The number of anilines is 2. The first kappa shape index (κ1) is 26.8. The van der Waals surface area contributed by atoms with Crippen LogP contribution in [-0.4, -0.2) is 86.3 Å². The summed E-state index contributed by atoms with van der Waals surface area (Å²) in [7, 11) is 0. The molecule has 2 aromatic carbocycles. The molecule has 6 rings (SSSR count). The van der Waals surface area contributed by atoms with Crippen molar-refractivity contribution in [2.45, 2.75) is 25.8 Å². The molecular weight excluding hydrogens is 500 g/mol. The number of carbonyl (C=O) groups is 1. The highest BCUT2D eigenvalue weighted by atomic mass is 16.5. The van der Waals surface area contributed by atoms with E-state index in [1.807, 2.05) is 6.07 Å². The van der Waals surface area contributed by atoms with Crippen LogP contribution in [0.25, 0.3) is 0 Å². The van der Waals surface area contributed by atoms with Gasteiger partial charge in [0.2, 0.25) is 5.91 Å². The van der Waals surface area contributed by atoms with Gasteiger partial charge in [0, 0.05) is 76.2 Å². The predicted octanol–water partition coefficient (Wildman–Crippen LogP) is 3.50. The first-order valence-electron chi connectivity index (χ1n) is 15.0. The molecule has 3 aromatic rings. The number of rotatable bonds is 8. The Kier molecular flexibility index (Phi) is 8.64. The molecule has 0 saturated carbocycles. The van der Waals surface area contributed by atoms with Crippen LogP contribution in [0.1, 0.15) is 24.3 Å². The molecule has 1 aromatic heterocycles. The van der Waals surface area contributed by atoms with Crippen LogP contribution in [-0.2, 0) is 17.8 Å². The van der Waals surface area contributed by atoms with Crippen LogP contribution >= 0.6 is 0 Å². The summed E-state index contributed by atoms with van der Waals surface area (Å²) in [5.41, 5.74) is 3.56. The van der Waals surface area contributed by atoms with Gasteiger partial charge in [-0.2, -0.15) is 0 Å². The van der Waals surface area contributed by atoms with Gasteiger partial charge in [0.05, 0.1) is 12.2 Å². The molecular formula is C32H42N6O2. The van der Waals surface area contributed by atoms with Crippen molar-refractivity contribution in [2.24, 2.45) is 11.8 Å². The lowest BCUT2D eigenvalue weighted by Gasteiger charge is -2.38. The number of hydrogen-bond acceptors (Lipinski definition) is 7. The zero-order valence-electron chi connectivity index (χ0n) is 23.5. The van der Waals surface area contributed by atoms with Gasteiger partial charge in [0.15, 0.2) is 5.76 Å². The molecule has 3 saturated heterocycles. The topological polar surface area (TPSA) is 68.1 Å². The average molecular weight is 543 g/mol. The highest BCUT2D eigenvalue weighted by Crippen LogP contribution is 2.28. The minimum atomic E-state index is 0.306. The Balaban J connectivity index is 0.973. The number of piperazine rings is 2. The van der Waals surface area contributed by atoms with Crippen LogP contribution in [0.5, 0.6) is 0 Å². The van der Waals surface area contributed by atoms with Crippen LogP contribution in [0.4, 0.5) is 11.4 Å². The van der Waals surface area contributed by atoms with Crippen molar-refractivity contribution in [2.75, 3.05) is 75.2 Å². The number of para-hydroxylation sites is 2. The van der Waals surface area contributed by atoms with Gasteiger partial charge in [0.1, 0.15) is 0 Å². The highest BCUT2D eigenvalue weighted by Gasteiger charge is 2.31. The van der Waals surface area contributed by atoms with Crippen molar-refractivity contribution in [3.8, 4) is 0 Å². The van der Waals surface area contributed by atoms with Crippen LogP contribution in [0.3, 0.4) is 0 Å². The summed E-state index contributed by atoms with van der Waals surface area (Å²) < 4.78 is 5.77. The van der Waals surface area contributed by atoms with E-state index in [2.05, 4.69) is 90.7 Å². The molecule has 3 fully saturated rings. The van der Waals surface area contributed by atoms with Crippen molar-refractivity contribution in [1.29, 1.82) is 0 Å². The number of aromatic nitrogens is 1. The fourth-order valence-corrected chi connectivity index (χ4v) is 6.51. The average Bonchev–Trinajstić information content (AvgIpc) is 3.46. The molecule has 2 atom stereocenters. The normalized spacial score (nSPS) is 22.4. The lowest BCUT2D eigenvalue weighted by atomic mass is 9.81. The van der Waals surface area contributed by atoms with E-state index in [1.54, 1.807) is 0 Å². The molecule has 0 unspecified atom stereocenters. The molecule has 8 heteroatoms. The second kappa shape index (κ2) is 12.9. The SMILES string of the molecule is O=C(C[C@@H]1CCNC[C@@H]1Cc1cc(CN2CCN(c3ccccc3)CC2)on1)N1CCN(c2ccccc2)CC1. The molecule has 4 heterocycles. The summed E-state index contributed by atoms with van der Waals surface area (Å²) in [6.07, 6.45) is 2.53. The molecule has 1 amide bonds. The van der Waals surface area contributed by atoms with E-state index < -0.39 is 0 Å². The fourth-order valence-electron chi connectivity index (χ4n) is 6.51. The standard InChI is InChI=1S/C32H42N6O2/c39-32(38-19-17-37(18-20-38)30-9-5-2-6-10-30)22-26-11-12-33-24-27(26)21-28-23-31(40-34-28)25-35-13-15-36(16-14-35)29-7-3-1-4-8-29/h1-10,23,26-27,33H,11-22,24-25H2/t26-,27-/m0/s1. The van der Waals surface area contributed by atoms with E-state index in [0.29, 0.717) is 24.2 Å². The van der Waals surface area contributed by atoms with E-state index in [-0.39, 0.29) is 0 Å². The van der Waals surface area contributed by atoms with Crippen LogP contribution < -0.4 is 15.1 Å². The minimum Gasteiger partial charge on any atom is -0.369 e. The third-order valence-corrected chi connectivity index (χ3v) is 8.91. The number of benzene rings is 2. The highest BCUT2D eigenvalue weighted by molar-refractivity contribution is 5.77. The molecule has 8 nitrogen and oxygen atoms in total. The molecule has 0 radical (unpaired) electrons. The van der Waals surface area contributed by atoms with E-state index >= 15 is 0 Å². The first-order valence-corrected chi connectivity index (χ1v) is 15.0. The quantitative estimate of drug-likeness (QED) is 0.467. The van der Waals surface area contributed by atoms with Crippen molar-refractivity contribution in [3.63, 3.8) is 0 Å². The Morgan fingerprint density at radius 2 is 1.45 bits per heavy atom. The molecule has 0 bridgehead atoms. The molecule has 0 aliphatic carbocycles. The summed E-state index contributed by atoms with van der Waals surface area (Å²) in [6, 6.07) is 23.3. The van der Waals surface area contributed by atoms with Gasteiger partial charge in [0.25, 0.3) is 0 Å². The molecule has 3 aliphatic heterocycles. The Morgan fingerprint density at radius 1 is 0.825 bits per heavy atom. The molecule has 1 N–H and O–H groups in total. The van der Waals surface area contributed by atoms with Gasteiger partial charge in [-0.05, 0) is 62.0 Å². The Morgan fingerprint density at radius 3 is 2.10 bits per heavy atom. The van der Waals surface area contributed by atoms with Crippen molar-refractivity contribution >= 4 is 17.3 Å². The maximum Gasteiger partial charge on any atom is 0.222 e. The Labute approximate surface area is 237 Å². The number of piperidine rings is 1. The van der Waals surface area contributed by atoms with E-state index in [4.69, 9.17) is 4.52 Å². The summed E-state index contributed by atoms with van der Waals surface area (Å²) in [5, 5.41) is 7.99. The lowest BCUT2D eigenvalue weighted by molar-refractivity contribution is -0.133. The van der Waals surface area contributed by atoms with E-state index in [9.17, 15) is 4.79 Å². The number of amides is 1. The van der Waals surface area contributed by atoms with Gasteiger partial charge in [-0.1, -0.05) is 41.6 Å². The van der Waals surface area contributed by atoms with Gasteiger partial charge in [-0.25, -0.2) is 0 Å². The first-order chi connectivity index (χ1) is 19.7. The second-order valence-electron chi connectivity index (χ2n) is 11.5. The summed E-state index contributed by atoms with van der Waals surface area (Å²) >= 11 is 0. The summed E-state index contributed by atoms with van der Waals surface area (Å²) in [5.74, 6) is 2.03. The van der Waals surface area contributed by atoms with E-state index in [0.717, 1.165) is 96.3 Å². The molecule has 0 spiro atoms. The monoisotopic (exact) mass is 542 g/mol. The van der Waals surface area contributed by atoms with Gasteiger partial charge in [-0.15, -0.1) is 0 Å². The van der Waals surface area contributed by atoms with E-state index in [1.165, 1.54) is 11.4 Å².